The van der Waals surface area contributed by atoms with Gasteiger partial charge in [-0.15, -0.1) is 0 Å². The quantitative estimate of drug-likeness (QED) is 0.648. The Labute approximate surface area is 115 Å². The minimum Gasteiger partial charge on any atom is -0.324 e. The molecular weight excluding hydrogens is 266 g/mol. The number of thioether (sulfide) groups is 1. The topological polar surface area (TPSA) is 84.3 Å². The van der Waals surface area contributed by atoms with Crippen molar-refractivity contribution in [1.29, 1.82) is 0 Å². The molecule has 6 nitrogen and oxygen atoms in total. The molecule has 1 heterocycles. The van der Waals surface area contributed by atoms with Crippen LogP contribution < -0.4 is 10.6 Å². The molecule has 1 unspecified atom stereocenters. The van der Waals surface area contributed by atoms with E-state index in [9.17, 15) is 14.9 Å². The number of rotatable bonds is 3. The third kappa shape index (κ3) is 3.45. The maximum atomic E-state index is 12.0. The second-order valence-electron chi connectivity index (χ2n) is 4.33. The summed E-state index contributed by atoms with van der Waals surface area (Å²) in [6.45, 7) is 2.47. The zero-order chi connectivity index (χ0) is 13.8. The first-order chi connectivity index (χ1) is 9.08. The molecule has 1 aliphatic rings. The van der Waals surface area contributed by atoms with Crippen molar-refractivity contribution in [2.24, 2.45) is 0 Å². The molecule has 0 bridgehead atoms. The van der Waals surface area contributed by atoms with E-state index in [1.807, 2.05) is 0 Å². The molecule has 1 aliphatic heterocycles. The van der Waals surface area contributed by atoms with Crippen molar-refractivity contribution in [3.63, 3.8) is 0 Å². The van der Waals surface area contributed by atoms with Gasteiger partial charge in [0.05, 0.1) is 11.0 Å². The second-order valence-corrected chi connectivity index (χ2v) is 5.48. The summed E-state index contributed by atoms with van der Waals surface area (Å²) in [4.78, 5) is 22.4. The fourth-order valence-electron chi connectivity index (χ4n) is 1.85. The van der Waals surface area contributed by atoms with E-state index >= 15 is 0 Å². The highest BCUT2D eigenvalue weighted by atomic mass is 32.2. The molecule has 1 amide bonds. The molecule has 2 N–H and O–H groups in total. The number of nitro benzene ring substituents is 1. The smallest absolute Gasteiger partial charge is 0.274 e. The molecule has 1 saturated heterocycles. The highest BCUT2D eigenvalue weighted by Gasteiger charge is 2.21. The van der Waals surface area contributed by atoms with Crippen molar-refractivity contribution in [1.82, 2.24) is 5.32 Å². The lowest BCUT2D eigenvalue weighted by Gasteiger charge is -2.22. The number of benzene rings is 1. The van der Waals surface area contributed by atoms with Gasteiger partial charge in [0.2, 0.25) is 5.91 Å². The van der Waals surface area contributed by atoms with Crippen LogP contribution in [0, 0.1) is 17.0 Å². The van der Waals surface area contributed by atoms with Gasteiger partial charge in [-0.2, -0.15) is 11.8 Å². The van der Waals surface area contributed by atoms with Crippen LogP contribution in [0.4, 0.5) is 11.4 Å². The van der Waals surface area contributed by atoms with E-state index in [4.69, 9.17) is 0 Å². The molecule has 7 heteroatoms. The van der Waals surface area contributed by atoms with Crippen LogP contribution in [0.3, 0.4) is 0 Å². The van der Waals surface area contributed by atoms with Crippen LogP contribution in [0.1, 0.15) is 5.56 Å². The van der Waals surface area contributed by atoms with Gasteiger partial charge in [-0.1, -0.05) is 6.07 Å². The summed E-state index contributed by atoms with van der Waals surface area (Å²) in [5, 5.41) is 16.7. The van der Waals surface area contributed by atoms with E-state index < -0.39 is 4.92 Å². The van der Waals surface area contributed by atoms with E-state index in [1.165, 1.54) is 6.07 Å². The standard InChI is InChI=1S/C12H15N3O3S/c1-8-2-3-9(6-11(8)15(17)18)14-12(16)10-7-19-5-4-13-10/h2-3,6,10,13H,4-5,7H2,1H3,(H,14,16). The summed E-state index contributed by atoms with van der Waals surface area (Å²) in [6, 6.07) is 4.47. The van der Waals surface area contributed by atoms with Gasteiger partial charge in [-0.3, -0.25) is 14.9 Å². The maximum absolute atomic E-state index is 12.0. The molecule has 1 aromatic rings. The number of hydrogen-bond acceptors (Lipinski definition) is 5. The minimum atomic E-state index is -0.445. The van der Waals surface area contributed by atoms with E-state index in [1.54, 1.807) is 30.8 Å². The predicted molar refractivity (Wildman–Crippen MR) is 75.6 cm³/mol. The van der Waals surface area contributed by atoms with Crippen molar-refractivity contribution in [3.8, 4) is 0 Å². The Balaban J connectivity index is 2.08. The summed E-state index contributed by atoms with van der Waals surface area (Å²) in [5.74, 6) is 1.57. The van der Waals surface area contributed by atoms with Gasteiger partial charge in [-0.25, -0.2) is 0 Å². The van der Waals surface area contributed by atoms with Crippen LogP contribution in [-0.4, -0.2) is 34.9 Å². The number of amides is 1. The zero-order valence-corrected chi connectivity index (χ0v) is 11.3. The van der Waals surface area contributed by atoms with Crippen LogP contribution >= 0.6 is 11.8 Å². The van der Waals surface area contributed by atoms with Crippen molar-refractivity contribution in [3.05, 3.63) is 33.9 Å². The monoisotopic (exact) mass is 281 g/mol. The molecule has 1 aromatic carbocycles. The summed E-state index contributed by atoms with van der Waals surface area (Å²) in [7, 11) is 0. The third-order valence-corrected chi connectivity index (χ3v) is 3.97. The van der Waals surface area contributed by atoms with Gasteiger partial charge in [0, 0.05) is 35.4 Å². The number of aryl methyl sites for hydroxylation is 1. The Kier molecular flexibility index (Phi) is 4.39. The van der Waals surface area contributed by atoms with Gasteiger partial charge in [-0.05, 0) is 13.0 Å². The average molecular weight is 281 g/mol. The lowest BCUT2D eigenvalue weighted by atomic mass is 10.2. The first kappa shape index (κ1) is 13.8. The van der Waals surface area contributed by atoms with Crippen LogP contribution in [0.25, 0.3) is 0 Å². The second kappa shape index (κ2) is 6.03. The maximum Gasteiger partial charge on any atom is 0.274 e. The average Bonchev–Trinajstić information content (AvgIpc) is 2.41. The van der Waals surface area contributed by atoms with Crippen molar-refractivity contribution in [2.45, 2.75) is 13.0 Å². The van der Waals surface area contributed by atoms with Crippen molar-refractivity contribution < 1.29 is 9.72 Å². The molecule has 19 heavy (non-hydrogen) atoms. The molecule has 0 aliphatic carbocycles. The third-order valence-electron chi connectivity index (χ3n) is 2.91. The fourth-order valence-corrected chi connectivity index (χ4v) is 2.78. The zero-order valence-electron chi connectivity index (χ0n) is 10.5. The minimum absolute atomic E-state index is 0.0174. The Morgan fingerprint density at radius 3 is 3.00 bits per heavy atom. The summed E-state index contributed by atoms with van der Waals surface area (Å²) >= 11 is 1.72. The number of carbonyl (C=O) groups excluding carboxylic acids is 1. The molecule has 2 rings (SSSR count). The Morgan fingerprint density at radius 1 is 1.58 bits per heavy atom. The fraction of sp³-hybridized carbons (Fsp3) is 0.417. The number of nitrogens with zero attached hydrogens (tertiary/aromatic N) is 1. The molecule has 1 fully saturated rings. The predicted octanol–water partition coefficient (Wildman–Crippen LogP) is 1.55. The first-order valence-electron chi connectivity index (χ1n) is 5.95. The number of nitro groups is 1. The first-order valence-corrected chi connectivity index (χ1v) is 7.10. The summed E-state index contributed by atoms with van der Waals surface area (Å²) in [5.41, 5.74) is 1.05. The lowest BCUT2D eigenvalue weighted by molar-refractivity contribution is -0.385. The van der Waals surface area contributed by atoms with Crippen LogP contribution in [0.15, 0.2) is 18.2 Å². The molecule has 0 aromatic heterocycles. The molecule has 0 saturated carbocycles. The van der Waals surface area contributed by atoms with Crippen molar-refractivity contribution in [2.75, 3.05) is 23.4 Å². The SMILES string of the molecule is Cc1ccc(NC(=O)C2CSCCN2)cc1[N+](=O)[O-]. The van der Waals surface area contributed by atoms with Crippen LogP contribution in [0.5, 0.6) is 0 Å². The Bertz CT molecular complexity index is 501. The van der Waals surface area contributed by atoms with E-state index in [-0.39, 0.29) is 17.6 Å². The van der Waals surface area contributed by atoms with E-state index in [0.717, 1.165) is 18.1 Å². The largest absolute Gasteiger partial charge is 0.324 e. The highest BCUT2D eigenvalue weighted by Crippen LogP contribution is 2.22. The van der Waals surface area contributed by atoms with Gasteiger partial charge in [0.15, 0.2) is 0 Å². The van der Waals surface area contributed by atoms with Gasteiger partial charge in [0.1, 0.15) is 0 Å². The summed E-state index contributed by atoms with van der Waals surface area (Å²) in [6.07, 6.45) is 0. The van der Waals surface area contributed by atoms with Gasteiger partial charge < -0.3 is 10.6 Å². The molecule has 0 radical (unpaired) electrons. The van der Waals surface area contributed by atoms with Gasteiger partial charge >= 0.3 is 0 Å². The molecule has 102 valence electrons. The van der Waals surface area contributed by atoms with E-state index in [0.29, 0.717) is 11.3 Å². The van der Waals surface area contributed by atoms with Crippen molar-refractivity contribution >= 4 is 29.0 Å². The Hall–Kier alpha value is -1.60. The number of hydrogen-bond donors (Lipinski definition) is 2. The van der Waals surface area contributed by atoms with E-state index in [2.05, 4.69) is 10.6 Å². The number of nitrogens with one attached hydrogen (secondary N) is 2. The molecule has 1 atom stereocenters. The van der Waals surface area contributed by atoms with Crippen LogP contribution in [0.2, 0.25) is 0 Å². The van der Waals surface area contributed by atoms with Gasteiger partial charge in [0.25, 0.3) is 5.69 Å². The molecule has 0 spiro atoms. The normalized spacial score (nSPS) is 18.9. The molecular formula is C12H15N3O3S. The number of carbonyl (C=O) groups is 1. The lowest BCUT2D eigenvalue weighted by Crippen LogP contribution is -2.46. The number of anilines is 1. The Morgan fingerprint density at radius 2 is 2.37 bits per heavy atom. The highest BCUT2D eigenvalue weighted by molar-refractivity contribution is 7.99. The van der Waals surface area contributed by atoms with Crippen LogP contribution in [-0.2, 0) is 4.79 Å². The summed E-state index contributed by atoms with van der Waals surface area (Å²) < 4.78 is 0.